The molecule has 0 fully saturated rings. The summed E-state index contributed by atoms with van der Waals surface area (Å²) in [4.78, 5) is 16.7. The van der Waals surface area contributed by atoms with Gasteiger partial charge in [0.05, 0.1) is 5.57 Å². The Morgan fingerprint density at radius 3 is 2.76 bits per heavy atom. The fraction of sp³-hybridized carbons (Fsp3) is 0.0769. The number of carbonyl (C=O) groups is 1. The van der Waals surface area contributed by atoms with Crippen molar-refractivity contribution < 1.29 is 9.53 Å². The first-order valence-electron chi connectivity index (χ1n) is 5.21. The maximum Gasteiger partial charge on any atom is 0.340 e. The van der Waals surface area contributed by atoms with Gasteiger partial charge >= 0.3 is 5.97 Å². The highest BCUT2D eigenvalue weighted by Gasteiger charge is 2.27. The molecule has 0 amide bonds. The monoisotopic (exact) mass is 243 g/mol. The maximum absolute atomic E-state index is 11.8. The van der Waals surface area contributed by atoms with E-state index in [1.165, 1.54) is 0 Å². The SMILES string of the molecule is O=C1OCC(c2ccncc2)=C1c1cccs1. The summed E-state index contributed by atoms with van der Waals surface area (Å²) >= 11 is 1.55. The lowest BCUT2D eigenvalue weighted by molar-refractivity contribution is -0.133. The second-order valence-corrected chi connectivity index (χ2v) is 4.59. The van der Waals surface area contributed by atoms with Crippen molar-refractivity contribution in [1.82, 2.24) is 4.98 Å². The normalized spacial score (nSPS) is 15.2. The molecular weight excluding hydrogens is 234 g/mol. The summed E-state index contributed by atoms with van der Waals surface area (Å²) in [6.07, 6.45) is 3.44. The zero-order valence-electron chi connectivity index (χ0n) is 8.92. The number of hydrogen-bond acceptors (Lipinski definition) is 4. The summed E-state index contributed by atoms with van der Waals surface area (Å²) in [7, 11) is 0. The van der Waals surface area contributed by atoms with E-state index in [2.05, 4.69) is 4.98 Å². The first-order valence-corrected chi connectivity index (χ1v) is 6.09. The average Bonchev–Trinajstić information content (AvgIpc) is 2.99. The Hall–Kier alpha value is -1.94. The van der Waals surface area contributed by atoms with E-state index in [1.807, 2.05) is 29.6 Å². The molecule has 17 heavy (non-hydrogen) atoms. The van der Waals surface area contributed by atoms with Gasteiger partial charge in [0.1, 0.15) is 6.61 Å². The van der Waals surface area contributed by atoms with E-state index in [9.17, 15) is 4.79 Å². The van der Waals surface area contributed by atoms with E-state index < -0.39 is 0 Å². The second-order valence-electron chi connectivity index (χ2n) is 3.64. The molecule has 0 unspecified atom stereocenters. The number of thiophene rings is 1. The fourth-order valence-electron chi connectivity index (χ4n) is 1.86. The van der Waals surface area contributed by atoms with Crippen LogP contribution in [-0.4, -0.2) is 17.6 Å². The van der Waals surface area contributed by atoms with Crippen LogP contribution in [0.1, 0.15) is 10.4 Å². The van der Waals surface area contributed by atoms with Gasteiger partial charge in [0.2, 0.25) is 0 Å². The summed E-state index contributed by atoms with van der Waals surface area (Å²) in [6, 6.07) is 7.66. The number of rotatable bonds is 2. The van der Waals surface area contributed by atoms with E-state index in [0.717, 1.165) is 16.0 Å². The quantitative estimate of drug-likeness (QED) is 0.761. The minimum absolute atomic E-state index is 0.237. The van der Waals surface area contributed by atoms with E-state index >= 15 is 0 Å². The summed E-state index contributed by atoms with van der Waals surface area (Å²) < 4.78 is 5.13. The van der Waals surface area contributed by atoms with Crippen molar-refractivity contribution in [2.45, 2.75) is 0 Å². The van der Waals surface area contributed by atoms with Crippen LogP contribution in [-0.2, 0) is 9.53 Å². The van der Waals surface area contributed by atoms with Gasteiger partial charge in [-0.3, -0.25) is 4.98 Å². The summed E-state index contributed by atoms with van der Waals surface area (Å²) in [5, 5.41) is 1.96. The van der Waals surface area contributed by atoms with Crippen LogP contribution in [0.2, 0.25) is 0 Å². The van der Waals surface area contributed by atoms with Gasteiger partial charge in [0.15, 0.2) is 0 Å². The summed E-state index contributed by atoms with van der Waals surface area (Å²) in [6.45, 7) is 0.343. The molecule has 84 valence electrons. The molecule has 0 radical (unpaired) electrons. The van der Waals surface area contributed by atoms with Crippen LogP contribution in [0.15, 0.2) is 42.0 Å². The molecular formula is C13H9NO2S. The molecule has 1 aliphatic rings. The first-order chi connectivity index (χ1) is 8.36. The van der Waals surface area contributed by atoms with Crippen molar-refractivity contribution in [3.8, 4) is 0 Å². The highest BCUT2D eigenvalue weighted by molar-refractivity contribution is 7.11. The largest absolute Gasteiger partial charge is 0.457 e. The third kappa shape index (κ3) is 1.76. The third-order valence-corrected chi connectivity index (χ3v) is 3.54. The molecule has 0 N–H and O–H groups in total. The van der Waals surface area contributed by atoms with Crippen LogP contribution in [0.4, 0.5) is 0 Å². The van der Waals surface area contributed by atoms with Crippen molar-refractivity contribution in [2.24, 2.45) is 0 Å². The molecule has 0 saturated heterocycles. The molecule has 0 aromatic carbocycles. The average molecular weight is 243 g/mol. The van der Waals surface area contributed by atoms with Crippen LogP contribution in [0, 0.1) is 0 Å². The number of nitrogens with zero attached hydrogens (tertiary/aromatic N) is 1. The Morgan fingerprint density at radius 1 is 1.24 bits per heavy atom. The van der Waals surface area contributed by atoms with Crippen molar-refractivity contribution in [3.05, 3.63) is 52.5 Å². The Kier molecular flexibility index (Phi) is 2.49. The topological polar surface area (TPSA) is 39.2 Å². The molecule has 3 rings (SSSR count). The fourth-order valence-corrected chi connectivity index (χ4v) is 2.64. The van der Waals surface area contributed by atoms with Gasteiger partial charge in [0.25, 0.3) is 0 Å². The molecule has 2 aromatic rings. The lowest BCUT2D eigenvalue weighted by Gasteiger charge is -2.01. The first kappa shape index (κ1) is 10.2. The number of carbonyl (C=O) groups excluding carboxylic acids is 1. The van der Waals surface area contributed by atoms with Gasteiger partial charge in [-0.1, -0.05) is 6.07 Å². The lowest BCUT2D eigenvalue weighted by Crippen LogP contribution is -1.96. The molecule has 3 nitrogen and oxygen atoms in total. The Balaban J connectivity index is 2.16. The maximum atomic E-state index is 11.8. The minimum Gasteiger partial charge on any atom is -0.457 e. The van der Waals surface area contributed by atoms with Crippen LogP contribution >= 0.6 is 11.3 Å². The molecule has 3 heterocycles. The smallest absolute Gasteiger partial charge is 0.340 e. The Bertz CT molecular complexity index is 573. The predicted molar refractivity (Wildman–Crippen MR) is 66.3 cm³/mol. The van der Waals surface area contributed by atoms with E-state index in [4.69, 9.17) is 4.74 Å². The zero-order chi connectivity index (χ0) is 11.7. The highest BCUT2D eigenvalue weighted by atomic mass is 32.1. The molecule has 0 aliphatic carbocycles. The zero-order valence-corrected chi connectivity index (χ0v) is 9.74. The lowest BCUT2D eigenvalue weighted by atomic mass is 10.0. The van der Waals surface area contributed by atoms with Crippen molar-refractivity contribution in [1.29, 1.82) is 0 Å². The van der Waals surface area contributed by atoms with Crippen molar-refractivity contribution >= 4 is 28.5 Å². The third-order valence-electron chi connectivity index (χ3n) is 2.65. The van der Waals surface area contributed by atoms with Gasteiger partial charge in [-0.05, 0) is 29.1 Å². The minimum atomic E-state index is -0.237. The number of cyclic esters (lactones) is 1. The van der Waals surface area contributed by atoms with Crippen LogP contribution < -0.4 is 0 Å². The van der Waals surface area contributed by atoms with Gasteiger partial charge < -0.3 is 4.74 Å². The van der Waals surface area contributed by atoms with E-state index in [-0.39, 0.29) is 5.97 Å². The van der Waals surface area contributed by atoms with Gasteiger partial charge in [0, 0.05) is 22.8 Å². The van der Waals surface area contributed by atoms with Crippen LogP contribution in [0.3, 0.4) is 0 Å². The predicted octanol–water partition coefficient (Wildman–Crippen LogP) is 2.61. The van der Waals surface area contributed by atoms with Crippen LogP contribution in [0.5, 0.6) is 0 Å². The summed E-state index contributed by atoms with van der Waals surface area (Å²) in [5.74, 6) is -0.237. The van der Waals surface area contributed by atoms with Gasteiger partial charge in [-0.15, -0.1) is 11.3 Å². The highest BCUT2D eigenvalue weighted by Crippen LogP contribution is 2.34. The molecule has 2 aromatic heterocycles. The Labute approximate surface area is 102 Å². The molecule has 4 heteroatoms. The standard InChI is InChI=1S/C13H9NO2S/c15-13-12(11-2-1-7-17-11)10(8-16-13)9-3-5-14-6-4-9/h1-7H,8H2. The molecule has 0 saturated carbocycles. The summed E-state index contributed by atoms with van der Waals surface area (Å²) in [5.41, 5.74) is 2.63. The van der Waals surface area contributed by atoms with Crippen molar-refractivity contribution in [3.63, 3.8) is 0 Å². The molecule has 0 atom stereocenters. The van der Waals surface area contributed by atoms with E-state index in [1.54, 1.807) is 23.7 Å². The number of hydrogen-bond donors (Lipinski definition) is 0. The number of ether oxygens (including phenoxy) is 1. The molecule has 0 bridgehead atoms. The van der Waals surface area contributed by atoms with Crippen LogP contribution in [0.25, 0.3) is 11.1 Å². The molecule has 1 aliphatic heterocycles. The second kappa shape index (κ2) is 4.14. The number of esters is 1. The van der Waals surface area contributed by atoms with Gasteiger partial charge in [-0.2, -0.15) is 0 Å². The van der Waals surface area contributed by atoms with E-state index in [0.29, 0.717) is 12.2 Å². The van der Waals surface area contributed by atoms with Gasteiger partial charge in [-0.25, -0.2) is 4.79 Å². The number of aromatic nitrogens is 1. The molecule has 0 spiro atoms. The Morgan fingerprint density at radius 2 is 2.06 bits per heavy atom. The number of pyridine rings is 1. The van der Waals surface area contributed by atoms with Crippen molar-refractivity contribution in [2.75, 3.05) is 6.61 Å².